The van der Waals surface area contributed by atoms with Crippen molar-refractivity contribution in [2.24, 2.45) is 4.99 Å². The van der Waals surface area contributed by atoms with E-state index in [-0.39, 0.29) is 24.0 Å². The predicted octanol–water partition coefficient (Wildman–Crippen LogP) is 3.72. The molecule has 0 heterocycles. The summed E-state index contributed by atoms with van der Waals surface area (Å²) in [6.45, 7) is 0. The second kappa shape index (κ2) is 7.36. The summed E-state index contributed by atoms with van der Waals surface area (Å²) in [7, 11) is 1.75. The maximum atomic E-state index is 5.83. The summed E-state index contributed by atoms with van der Waals surface area (Å²) in [6, 6.07) is 7.56. The molecule has 5 heteroatoms. The lowest BCUT2D eigenvalue weighted by Crippen LogP contribution is -2.06. The van der Waals surface area contributed by atoms with E-state index < -0.39 is 0 Å². The van der Waals surface area contributed by atoms with Gasteiger partial charge in [0.1, 0.15) is 0 Å². The van der Waals surface area contributed by atoms with E-state index >= 15 is 0 Å². The van der Waals surface area contributed by atoms with Crippen LogP contribution in [-0.4, -0.2) is 18.5 Å². The van der Waals surface area contributed by atoms with Gasteiger partial charge >= 0.3 is 0 Å². The number of hydrogen-bond donors (Lipinski definition) is 1. The van der Waals surface area contributed by atoms with Crippen molar-refractivity contribution in [1.29, 1.82) is 0 Å². The molecule has 0 saturated heterocycles. The van der Waals surface area contributed by atoms with E-state index in [9.17, 15) is 0 Å². The highest BCUT2D eigenvalue weighted by Gasteiger charge is 1.96. The molecule has 2 nitrogen and oxygen atoms in total. The number of anilines is 1. The maximum Gasteiger partial charge on any atom is 0.160 e. The molecule has 0 aliphatic rings. The minimum Gasteiger partial charge on any atom is -0.335 e. The minimum absolute atomic E-state index is 0. The molecule has 0 aliphatic heterocycles. The van der Waals surface area contributed by atoms with Crippen LogP contribution < -0.4 is 5.32 Å². The molecule has 14 heavy (non-hydrogen) atoms. The Labute approximate surface area is 111 Å². The minimum atomic E-state index is 0. The van der Waals surface area contributed by atoms with Gasteiger partial charge in [0.15, 0.2) is 5.17 Å². The van der Waals surface area contributed by atoms with Crippen LogP contribution in [-0.2, 0) is 0 Å². The fraction of sp³-hybridized carbons (Fsp3) is 0.222. The zero-order valence-corrected chi connectivity index (χ0v) is 11.9. The number of hydrogen-bond acceptors (Lipinski definition) is 2. The first-order valence-corrected chi connectivity index (χ1v) is 5.40. The van der Waals surface area contributed by atoms with E-state index in [0.717, 1.165) is 15.9 Å². The lowest BCUT2D eigenvalue weighted by atomic mass is 10.3. The third kappa shape index (κ3) is 4.52. The highest BCUT2D eigenvalue weighted by Crippen LogP contribution is 2.16. The standard InChI is InChI=1S/C9H11ClN2S.HI/c1-11-9(13-2)12-8-5-3-4-7(10)6-8;/h3-6H,1-2H3,(H,11,12);1H. The zero-order chi connectivity index (χ0) is 9.68. The van der Waals surface area contributed by atoms with Crippen molar-refractivity contribution in [3.8, 4) is 0 Å². The van der Waals surface area contributed by atoms with Gasteiger partial charge in [-0.05, 0) is 24.5 Å². The molecule has 1 aromatic carbocycles. The molecule has 0 aliphatic carbocycles. The zero-order valence-electron chi connectivity index (χ0n) is 7.95. The highest BCUT2D eigenvalue weighted by molar-refractivity contribution is 14.0. The van der Waals surface area contributed by atoms with Crippen LogP contribution in [0.15, 0.2) is 29.3 Å². The third-order valence-corrected chi connectivity index (χ3v) is 2.38. The van der Waals surface area contributed by atoms with E-state index in [1.165, 1.54) is 0 Å². The van der Waals surface area contributed by atoms with Gasteiger partial charge in [-0.25, -0.2) is 0 Å². The fourth-order valence-corrected chi connectivity index (χ4v) is 1.48. The first kappa shape index (κ1) is 14.1. The lowest BCUT2D eigenvalue weighted by Gasteiger charge is -2.06. The largest absolute Gasteiger partial charge is 0.335 e. The summed E-state index contributed by atoms with van der Waals surface area (Å²) in [5.74, 6) is 0. The molecule has 78 valence electrons. The van der Waals surface area contributed by atoms with Gasteiger partial charge in [0, 0.05) is 17.8 Å². The molecule has 0 atom stereocenters. The quantitative estimate of drug-likeness (QED) is 0.478. The van der Waals surface area contributed by atoms with Crippen molar-refractivity contribution in [3.63, 3.8) is 0 Å². The monoisotopic (exact) mass is 342 g/mol. The molecule has 1 rings (SSSR count). The van der Waals surface area contributed by atoms with E-state index in [2.05, 4.69) is 10.3 Å². The van der Waals surface area contributed by atoms with Gasteiger partial charge in [0.2, 0.25) is 0 Å². The molecular formula is C9H12ClIN2S. The molecule has 0 aromatic heterocycles. The average molecular weight is 343 g/mol. The smallest absolute Gasteiger partial charge is 0.160 e. The summed E-state index contributed by atoms with van der Waals surface area (Å²) >= 11 is 7.39. The van der Waals surface area contributed by atoms with Crippen LogP contribution in [0.5, 0.6) is 0 Å². The first-order chi connectivity index (χ1) is 6.26. The summed E-state index contributed by atoms with van der Waals surface area (Å²) in [4.78, 5) is 4.06. The number of thioether (sulfide) groups is 1. The molecule has 1 N–H and O–H groups in total. The second-order valence-electron chi connectivity index (χ2n) is 2.37. The van der Waals surface area contributed by atoms with Gasteiger partial charge in [-0.2, -0.15) is 0 Å². The number of benzene rings is 1. The molecule has 0 saturated carbocycles. The van der Waals surface area contributed by atoms with Crippen LogP contribution in [0.3, 0.4) is 0 Å². The van der Waals surface area contributed by atoms with Gasteiger partial charge in [0.05, 0.1) is 0 Å². The third-order valence-electron chi connectivity index (χ3n) is 1.47. The lowest BCUT2D eigenvalue weighted by molar-refractivity contribution is 1.45. The van der Waals surface area contributed by atoms with Gasteiger partial charge in [-0.15, -0.1) is 24.0 Å². The van der Waals surface area contributed by atoms with Gasteiger partial charge in [-0.1, -0.05) is 29.4 Å². The Hall–Kier alpha value is 0.0600. The summed E-state index contributed by atoms with van der Waals surface area (Å²) in [5, 5.41) is 4.75. The van der Waals surface area contributed by atoms with E-state index in [0.29, 0.717) is 0 Å². The molecule has 1 aromatic rings. The van der Waals surface area contributed by atoms with Crippen LogP contribution in [0.4, 0.5) is 5.69 Å². The summed E-state index contributed by atoms with van der Waals surface area (Å²) in [6.07, 6.45) is 1.97. The average Bonchev–Trinajstić information content (AvgIpc) is 2.14. The van der Waals surface area contributed by atoms with E-state index in [4.69, 9.17) is 11.6 Å². The van der Waals surface area contributed by atoms with Crippen molar-refractivity contribution >= 4 is 58.2 Å². The van der Waals surface area contributed by atoms with Crippen molar-refractivity contribution in [1.82, 2.24) is 0 Å². The highest BCUT2D eigenvalue weighted by atomic mass is 127. The number of nitrogens with zero attached hydrogens (tertiary/aromatic N) is 1. The van der Waals surface area contributed by atoms with Crippen LogP contribution >= 0.6 is 47.3 Å². The molecule has 0 fully saturated rings. The Kier molecular flexibility index (Phi) is 7.40. The Balaban J connectivity index is 0.00000169. The molecule has 0 spiro atoms. The number of halogens is 2. The van der Waals surface area contributed by atoms with Crippen LogP contribution in [0, 0.1) is 0 Å². The SMILES string of the molecule is CN=C(Nc1cccc(Cl)c1)SC.I. The second-order valence-corrected chi connectivity index (χ2v) is 3.60. The topological polar surface area (TPSA) is 24.4 Å². The van der Waals surface area contributed by atoms with E-state index in [1.807, 2.05) is 30.5 Å². The molecular weight excluding hydrogens is 331 g/mol. The Morgan fingerprint density at radius 2 is 2.21 bits per heavy atom. The predicted molar refractivity (Wildman–Crippen MR) is 77.4 cm³/mol. The maximum absolute atomic E-state index is 5.83. The van der Waals surface area contributed by atoms with Crippen LogP contribution in [0.2, 0.25) is 5.02 Å². The Morgan fingerprint density at radius 3 is 2.71 bits per heavy atom. The Morgan fingerprint density at radius 1 is 1.50 bits per heavy atom. The van der Waals surface area contributed by atoms with Crippen molar-refractivity contribution in [3.05, 3.63) is 29.3 Å². The number of nitrogens with one attached hydrogen (secondary N) is 1. The van der Waals surface area contributed by atoms with Gasteiger partial charge in [0.25, 0.3) is 0 Å². The van der Waals surface area contributed by atoms with Crippen molar-refractivity contribution in [2.75, 3.05) is 18.6 Å². The summed E-state index contributed by atoms with van der Waals surface area (Å²) in [5.41, 5.74) is 0.961. The first-order valence-electron chi connectivity index (χ1n) is 3.79. The number of aliphatic imine (C=N–C) groups is 1. The van der Waals surface area contributed by atoms with Gasteiger partial charge in [-0.3, -0.25) is 4.99 Å². The van der Waals surface area contributed by atoms with Crippen molar-refractivity contribution in [2.45, 2.75) is 0 Å². The number of rotatable bonds is 1. The molecule has 0 amide bonds. The van der Waals surface area contributed by atoms with Crippen LogP contribution in [0.25, 0.3) is 0 Å². The molecule has 0 unspecified atom stereocenters. The van der Waals surface area contributed by atoms with Crippen molar-refractivity contribution < 1.29 is 0 Å². The molecule has 0 bridgehead atoms. The summed E-state index contributed by atoms with van der Waals surface area (Å²) < 4.78 is 0. The normalized spacial score (nSPS) is 10.6. The number of amidine groups is 1. The fourth-order valence-electron chi connectivity index (χ4n) is 0.888. The molecule has 0 radical (unpaired) electrons. The van der Waals surface area contributed by atoms with E-state index in [1.54, 1.807) is 18.8 Å². The van der Waals surface area contributed by atoms with Crippen LogP contribution in [0.1, 0.15) is 0 Å². The Bertz CT molecular complexity index is 317. The van der Waals surface area contributed by atoms with Gasteiger partial charge < -0.3 is 5.32 Å².